The van der Waals surface area contributed by atoms with Crippen LogP contribution in [0.1, 0.15) is 26.2 Å². The van der Waals surface area contributed by atoms with Gasteiger partial charge in [-0.25, -0.2) is 0 Å². The van der Waals surface area contributed by atoms with Crippen molar-refractivity contribution < 1.29 is 9.59 Å². The normalized spacial score (nSPS) is 34.6. The maximum absolute atomic E-state index is 11.9. The van der Waals surface area contributed by atoms with Crippen LogP contribution in [-0.4, -0.2) is 37.0 Å². The topological polar surface area (TPSA) is 70.2 Å². The van der Waals surface area contributed by atoms with Crippen molar-refractivity contribution in [1.82, 2.24) is 16.0 Å². The van der Waals surface area contributed by atoms with Crippen LogP contribution in [-0.2, 0) is 9.59 Å². The van der Waals surface area contributed by atoms with E-state index in [0.29, 0.717) is 19.0 Å². The molecule has 2 rings (SSSR count). The van der Waals surface area contributed by atoms with Gasteiger partial charge in [-0.15, -0.1) is 0 Å². The highest BCUT2D eigenvalue weighted by atomic mass is 16.2. The van der Waals surface area contributed by atoms with Crippen LogP contribution < -0.4 is 16.0 Å². The van der Waals surface area contributed by atoms with Gasteiger partial charge in [0.2, 0.25) is 11.8 Å². The van der Waals surface area contributed by atoms with E-state index in [-0.39, 0.29) is 23.8 Å². The Kier molecular flexibility index (Phi) is 3.43. The molecule has 2 aliphatic rings. The van der Waals surface area contributed by atoms with Gasteiger partial charge in [-0.2, -0.15) is 0 Å². The molecule has 5 nitrogen and oxygen atoms in total. The molecule has 0 saturated carbocycles. The summed E-state index contributed by atoms with van der Waals surface area (Å²) in [6.45, 7) is 3.45. The van der Waals surface area contributed by atoms with Crippen molar-refractivity contribution in [3.63, 3.8) is 0 Å². The van der Waals surface area contributed by atoms with E-state index >= 15 is 0 Å². The lowest BCUT2D eigenvalue weighted by Gasteiger charge is -2.27. The number of hydrogen-bond donors (Lipinski definition) is 3. The second-order valence-corrected chi connectivity index (χ2v) is 4.80. The first-order valence-corrected chi connectivity index (χ1v) is 5.95. The van der Waals surface area contributed by atoms with E-state index in [2.05, 4.69) is 22.9 Å². The lowest BCUT2D eigenvalue weighted by molar-refractivity contribution is -0.126. The summed E-state index contributed by atoms with van der Waals surface area (Å²) < 4.78 is 0. The van der Waals surface area contributed by atoms with E-state index in [9.17, 15) is 9.59 Å². The van der Waals surface area contributed by atoms with Gasteiger partial charge in [0.1, 0.15) is 0 Å². The van der Waals surface area contributed by atoms with Crippen LogP contribution in [0.15, 0.2) is 0 Å². The summed E-state index contributed by atoms with van der Waals surface area (Å²) in [7, 11) is 0. The van der Waals surface area contributed by atoms with Crippen LogP contribution in [0.5, 0.6) is 0 Å². The first-order chi connectivity index (χ1) is 7.65. The summed E-state index contributed by atoms with van der Waals surface area (Å²) in [6, 6.07) is 0.498. The molecule has 5 heteroatoms. The van der Waals surface area contributed by atoms with Crippen LogP contribution in [0, 0.1) is 5.92 Å². The minimum atomic E-state index is -0.0145. The molecule has 2 heterocycles. The van der Waals surface area contributed by atoms with Crippen molar-refractivity contribution in [3.8, 4) is 0 Å². The molecule has 0 aromatic carbocycles. The molecule has 16 heavy (non-hydrogen) atoms. The Morgan fingerprint density at radius 3 is 2.75 bits per heavy atom. The van der Waals surface area contributed by atoms with Gasteiger partial charge in [0, 0.05) is 25.6 Å². The molecule has 2 fully saturated rings. The molecule has 0 aromatic rings. The highest BCUT2D eigenvalue weighted by molar-refractivity contribution is 5.83. The van der Waals surface area contributed by atoms with Gasteiger partial charge in [0.15, 0.2) is 0 Å². The summed E-state index contributed by atoms with van der Waals surface area (Å²) in [5.74, 6) is 0.175. The van der Waals surface area contributed by atoms with Crippen molar-refractivity contribution in [2.24, 2.45) is 5.92 Å². The van der Waals surface area contributed by atoms with E-state index in [1.165, 1.54) is 0 Å². The number of amides is 2. The Morgan fingerprint density at radius 2 is 2.19 bits per heavy atom. The van der Waals surface area contributed by atoms with Gasteiger partial charge in [0.05, 0.1) is 12.0 Å². The van der Waals surface area contributed by atoms with Crippen LogP contribution in [0.2, 0.25) is 0 Å². The number of hydrogen-bond acceptors (Lipinski definition) is 3. The molecular formula is C11H19N3O2. The van der Waals surface area contributed by atoms with Crippen molar-refractivity contribution in [2.45, 2.75) is 38.3 Å². The van der Waals surface area contributed by atoms with Crippen LogP contribution in [0.4, 0.5) is 0 Å². The summed E-state index contributed by atoms with van der Waals surface area (Å²) >= 11 is 0. The first-order valence-electron chi connectivity index (χ1n) is 5.95. The van der Waals surface area contributed by atoms with E-state index in [1.54, 1.807) is 0 Å². The van der Waals surface area contributed by atoms with Crippen LogP contribution in [0.3, 0.4) is 0 Å². The monoisotopic (exact) mass is 225 g/mol. The number of piperidine rings is 1. The summed E-state index contributed by atoms with van der Waals surface area (Å²) in [5.41, 5.74) is 0. The van der Waals surface area contributed by atoms with Crippen molar-refractivity contribution >= 4 is 11.8 Å². The van der Waals surface area contributed by atoms with Crippen molar-refractivity contribution in [1.29, 1.82) is 0 Å². The molecule has 0 bridgehead atoms. The quantitative estimate of drug-likeness (QED) is 0.586. The zero-order chi connectivity index (χ0) is 11.5. The lowest BCUT2D eigenvalue weighted by atomic mass is 9.94. The summed E-state index contributed by atoms with van der Waals surface area (Å²) in [6.07, 6.45) is 2.40. The number of nitrogens with one attached hydrogen (secondary N) is 3. The largest absolute Gasteiger partial charge is 0.354 e. The smallest absolute Gasteiger partial charge is 0.224 e. The molecule has 0 radical (unpaired) electrons. The molecule has 0 aliphatic carbocycles. The van der Waals surface area contributed by atoms with Gasteiger partial charge >= 0.3 is 0 Å². The second kappa shape index (κ2) is 4.82. The average Bonchev–Trinajstić information content (AvgIpc) is 2.65. The molecule has 3 unspecified atom stereocenters. The number of carbonyl (C=O) groups excluding carboxylic acids is 2. The third-order valence-corrected chi connectivity index (χ3v) is 3.36. The number of carbonyl (C=O) groups is 2. The molecule has 3 atom stereocenters. The van der Waals surface area contributed by atoms with Crippen molar-refractivity contribution in [2.75, 3.05) is 13.1 Å². The fourth-order valence-corrected chi connectivity index (χ4v) is 2.25. The molecule has 3 N–H and O–H groups in total. The minimum Gasteiger partial charge on any atom is -0.354 e. The predicted molar refractivity (Wildman–Crippen MR) is 59.7 cm³/mol. The fraction of sp³-hybridized carbons (Fsp3) is 0.818. The fourth-order valence-electron chi connectivity index (χ4n) is 2.25. The van der Waals surface area contributed by atoms with E-state index in [1.807, 2.05) is 0 Å². The molecule has 2 saturated heterocycles. The van der Waals surface area contributed by atoms with Gasteiger partial charge in [-0.3, -0.25) is 9.59 Å². The Hall–Kier alpha value is -1.10. The minimum absolute atomic E-state index is 0.0145. The molecule has 90 valence electrons. The third kappa shape index (κ3) is 2.72. The number of rotatable bonds is 2. The molecule has 2 amide bonds. The molecule has 0 aromatic heterocycles. The van der Waals surface area contributed by atoms with Crippen LogP contribution in [0.25, 0.3) is 0 Å². The highest BCUT2D eigenvalue weighted by Crippen LogP contribution is 2.14. The third-order valence-electron chi connectivity index (χ3n) is 3.36. The Balaban J connectivity index is 1.77. The summed E-state index contributed by atoms with van der Waals surface area (Å²) in [5, 5.41) is 8.95. The van der Waals surface area contributed by atoms with E-state index in [4.69, 9.17) is 0 Å². The average molecular weight is 225 g/mol. The Labute approximate surface area is 95.3 Å². The maximum atomic E-state index is 11.9. The molecular weight excluding hydrogens is 206 g/mol. The summed E-state index contributed by atoms with van der Waals surface area (Å²) in [4.78, 5) is 22.9. The predicted octanol–water partition coefficient (Wildman–Crippen LogP) is -0.621. The molecule has 0 spiro atoms. The maximum Gasteiger partial charge on any atom is 0.224 e. The Morgan fingerprint density at radius 1 is 1.38 bits per heavy atom. The second-order valence-electron chi connectivity index (χ2n) is 4.80. The van der Waals surface area contributed by atoms with Gasteiger partial charge in [0.25, 0.3) is 0 Å². The zero-order valence-electron chi connectivity index (χ0n) is 9.58. The lowest BCUT2D eigenvalue weighted by Crippen LogP contribution is -2.47. The van der Waals surface area contributed by atoms with E-state index in [0.717, 1.165) is 19.4 Å². The van der Waals surface area contributed by atoms with Crippen molar-refractivity contribution in [3.05, 3.63) is 0 Å². The SMILES string of the molecule is CC1CCC(C(=O)NC2CNC(=O)C2)CN1. The van der Waals surface area contributed by atoms with Crippen LogP contribution >= 0.6 is 0 Å². The highest BCUT2D eigenvalue weighted by Gasteiger charge is 2.28. The van der Waals surface area contributed by atoms with E-state index < -0.39 is 0 Å². The first kappa shape index (κ1) is 11.4. The zero-order valence-corrected chi connectivity index (χ0v) is 9.58. The van der Waals surface area contributed by atoms with Gasteiger partial charge in [-0.1, -0.05) is 0 Å². The standard InChI is InChI=1S/C11H19N3O2/c1-7-2-3-8(5-12-7)11(16)14-9-4-10(15)13-6-9/h7-9,12H,2-6H2,1H3,(H,13,15)(H,14,16). The Bertz CT molecular complexity index is 285. The van der Waals surface area contributed by atoms with Gasteiger partial charge < -0.3 is 16.0 Å². The molecule has 2 aliphatic heterocycles. The van der Waals surface area contributed by atoms with Gasteiger partial charge in [-0.05, 0) is 19.8 Å².